The first-order chi connectivity index (χ1) is 11.6. The average molecular weight is 367 g/mol. The van der Waals surface area contributed by atoms with Crippen LogP contribution < -0.4 is 4.90 Å². The molecule has 0 bridgehead atoms. The molecule has 130 valence electrons. The number of nitrogens with zero attached hydrogens (tertiary/aromatic N) is 4. The smallest absolute Gasteiger partial charge is 0.151 e. The molecule has 4 rings (SSSR count). The third-order valence-electron chi connectivity index (χ3n) is 5.05. The summed E-state index contributed by atoms with van der Waals surface area (Å²) in [6, 6.07) is 2.42. The third-order valence-corrected chi connectivity index (χ3v) is 7.98. The van der Waals surface area contributed by atoms with E-state index in [2.05, 4.69) is 32.8 Å². The summed E-state index contributed by atoms with van der Waals surface area (Å²) in [4.78, 5) is 16.0. The van der Waals surface area contributed by atoms with Gasteiger partial charge >= 0.3 is 0 Å². The van der Waals surface area contributed by atoms with E-state index in [0.717, 1.165) is 55.1 Å². The highest BCUT2D eigenvalue weighted by molar-refractivity contribution is 7.91. The number of fused-ring (bicyclic) bond motifs is 1. The summed E-state index contributed by atoms with van der Waals surface area (Å²) in [6.45, 7) is 5.74. The lowest BCUT2D eigenvalue weighted by Gasteiger charge is -2.38. The Hall–Kier alpha value is -1.25. The Bertz CT molecular complexity index is 841. The standard InChI is InChI=1S/C16H22N4O2S2/c1-2-13-9-14-15(17-11-18-16(14)23-13)20-6-4-19(5-7-20)12-3-8-24(21,22)10-12/h9,11-12H,2-8,10H2,1H3. The summed E-state index contributed by atoms with van der Waals surface area (Å²) in [5, 5.41) is 1.15. The number of aryl methyl sites for hydroxylation is 1. The first-order valence-electron chi connectivity index (χ1n) is 8.48. The van der Waals surface area contributed by atoms with Crippen LogP contribution >= 0.6 is 11.3 Å². The highest BCUT2D eigenvalue weighted by atomic mass is 32.2. The van der Waals surface area contributed by atoms with E-state index in [0.29, 0.717) is 11.5 Å². The van der Waals surface area contributed by atoms with Crippen LogP contribution in [0.15, 0.2) is 12.4 Å². The largest absolute Gasteiger partial charge is 0.353 e. The number of hydrogen-bond donors (Lipinski definition) is 0. The Morgan fingerprint density at radius 1 is 1.25 bits per heavy atom. The first kappa shape index (κ1) is 16.2. The van der Waals surface area contributed by atoms with Crippen LogP contribution in [0.25, 0.3) is 10.2 Å². The normalized spacial score (nSPS) is 24.7. The van der Waals surface area contributed by atoms with Crippen molar-refractivity contribution in [3.05, 3.63) is 17.3 Å². The molecule has 2 saturated heterocycles. The van der Waals surface area contributed by atoms with Crippen molar-refractivity contribution in [1.29, 1.82) is 0 Å². The third kappa shape index (κ3) is 3.02. The number of aromatic nitrogens is 2. The second-order valence-electron chi connectivity index (χ2n) is 6.56. The lowest BCUT2D eigenvalue weighted by molar-refractivity contribution is 0.200. The Balaban J connectivity index is 1.49. The summed E-state index contributed by atoms with van der Waals surface area (Å²) in [5.74, 6) is 1.70. The molecule has 2 aromatic heterocycles. The Morgan fingerprint density at radius 3 is 2.71 bits per heavy atom. The molecule has 1 atom stereocenters. The van der Waals surface area contributed by atoms with Crippen molar-refractivity contribution in [1.82, 2.24) is 14.9 Å². The maximum atomic E-state index is 11.7. The van der Waals surface area contributed by atoms with Gasteiger partial charge in [-0.25, -0.2) is 18.4 Å². The van der Waals surface area contributed by atoms with Gasteiger partial charge in [-0.3, -0.25) is 4.90 Å². The lowest BCUT2D eigenvalue weighted by Crippen LogP contribution is -2.51. The fourth-order valence-electron chi connectivity index (χ4n) is 3.68. The minimum Gasteiger partial charge on any atom is -0.353 e. The predicted molar refractivity (Wildman–Crippen MR) is 97.6 cm³/mol. The average Bonchev–Trinajstić information content (AvgIpc) is 3.17. The molecule has 2 aliphatic heterocycles. The van der Waals surface area contributed by atoms with Gasteiger partial charge in [-0.05, 0) is 18.9 Å². The van der Waals surface area contributed by atoms with Crippen molar-refractivity contribution in [2.24, 2.45) is 0 Å². The number of sulfone groups is 1. The summed E-state index contributed by atoms with van der Waals surface area (Å²) in [5.41, 5.74) is 0. The van der Waals surface area contributed by atoms with E-state index < -0.39 is 9.84 Å². The molecular formula is C16H22N4O2S2. The molecule has 0 aliphatic carbocycles. The van der Waals surface area contributed by atoms with Gasteiger partial charge in [-0.15, -0.1) is 11.3 Å². The van der Waals surface area contributed by atoms with Crippen molar-refractivity contribution < 1.29 is 8.42 Å². The van der Waals surface area contributed by atoms with E-state index in [1.165, 1.54) is 4.88 Å². The molecule has 2 aliphatic rings. The molecule has 4 heterocycles. The van der Waals surface area contributed by atoms with Crippen molar-refractivity contribution in [2.45, 2.75) is 25.8 Å². The maximum absolute atomic E-state index is 11.7. The number of rotatable bonds is 3. The Kier molecular flexibility index (Phi) is 4.22. The number of anilines is 1. The van der Waals surface area contributed by atoms with Crippen LogP contribution in [0.4, 0.5) is 5.82 Å². The van der Waals surface area contributed by atoms with E-state index in [1.807, 2.05) is 0 Å². The van der Waals surface area contributed by atoms with Gasteiger partial charge in [0.1, 0.15) is 17.0 Å². The summed E-state index contributed by atoms with van der Waals surface area (Å²) >= 11 is 1.74. The predicted octanol–water partition coefficient (Wildman–Crippen LogP) is 1.56. The van der Waals surface area contributed by atoms with Gasteiger partial charge in [0.25, 0.3) is 0 Å². The zero-order valence-corrected chi connectivity index (χ0v) is 15.4. The molecule has 0 N–H and O–H groups in total. The second kappa shape index (κ2) is 6.24. The molecule has 0 amide bonds. The van der Waals surface area contributed by atoms with Crippen LogP contribution in [-0.2, 0) is 16.3 Å². The molecule has 0 spiro atoms. The molecule has 8 heteroatoms. The summed E-state index contributed by atoms with van der Waals surface area (Å²) < 4.78 is 23.4. The van der Waals surface area contributed by atoms with Gasteiger partial charge in [0, 0.05) is 37.1 Å². The highest BCUT2D eigenvalue weighted by Crippen LogP contribution is 2.31. The van der Waals surface area contributed by atoms with E-state index >= 15 is 0 Å². The zero-order chi connectivity index (χ0) is 16.7. The quantitative estimate of drug-likeness (QED) is 0.821. The van der Waals surface area contributed by atoms with Crippen molar-refractivity contribution in [3.8, 4) is 0 Å². The second-order valence-corrected chi connectivity index (χ2v) is 9.91. The molecule has 1 unspecified atom stereocenters. The molecule has 6 nitrogen and oxygen atoms in total. The molecule has 2 fully saturated rings. The van der Waals surface area contributed by atoms with Gasteiger partial charge in [0.05, 0.1) is 16.9 Å². The van der Waals surface area contributed by atoms with Crippen molar-refractivity contribution >= 4 is 37.2 Å². The van der Waals surface area contributed by atoms with E-state index in [4.69, 9.17) is 0 Å². The van der Waals surface area contributed by atoms with Gasteiger partial charge in [-0.1, -0.05) is 6.92 Å². The van der Waals surface area contributed by atoms with Gasteiger partial charge in [0.2, 0.25) is 0 Å². The van der Waals surface area contributed by atoms with Gasteiger partial charge < -0.3 is 4.90 Å². The zero-order valence-electron chi connectivity index (χ0n) is 13.8. The maximum Gasteiger partial charge on any atom is 0.151 e. The molecule has 0 aromatic carbocycles. The topological polar surface area (TPSA) is 66.4 Å². The SMILES string of the molecule is CCc1cc2c(N3CCN(C4CCS(=O)(=O)C4)CC3)ncnc2s1. The van der Waals surface area contributed by atoms with Crippen molar-refractivity contribution in [3.63, 3.8) is 0 Å². The molecule has 2 aromatic rings. The number of piperazine rings is 1. The number of hydrogen-bond acceptors (Lipinski definition) is 7. The highest BCUT2D eigenvalue weighted by Gasteiger charge is 2.34. The van der Waals surface area contributed by atoms with E-state index in [9.17, 15) is 8.42 Å². The summed E-state index contributed by atoms with van der Waals surface area (Å²) in [6.07, 6.45) is 3.46. The van der Waals surface area contributed by atoms with Gasteiger partial charge in [0.15, 0.2) is 9.84 Å². The minimum atomic E-state index is -2.81. The van der Waals surface area contributed by atoms with Crippen LogP contribution in [0.2, 0.25) is 0 Å². The van der Waals surface area contributed by atoms with Gasteiger partial charge in [-0.2, -0.15) is 0 Å². The minimum absolute atomic E-state index is 0.204. The fraction of sp³-hybridized carbons (Fsp3) is 0.625. The Morgan fingerprint density at radius 2 is 2.04 bits per heavy atom. The van der Waals surface area contributed by atoms with Crippen LogP contribution in [0.1, 0.15) is 18.2 Å². The first-order valence-corrected chi connectivity index (χ1v) is 11.1. The van der Waals surface area contributed by atoms with Crippen LogP contribution in [0, 0.1) is 0 Å². The van der Waals surface area contributed by atoms with Crippen LogP contribution in [-0.4, -0.2) is 67.0 Å². The molecule has 24 heavy (non-hydrogen) atoms. The monoisotopic (exact) mass is 366 g/mol. The number of thiophene rings is 1. The van der Waals surface area contributed by atoms with Crippen LogP contribution in [0.5, 0.6) is 0 Å². The van der Waals surface area contributed by atoms with E-state index in [1.54, 1.807) is 17.7 Å². The van der Waals surface area contributed by atoms with E-state index in [-0.39, 0.29) is 6.04 Å². The Labute approximate surface area is 146 Å². The van der Waals surface area contributed by atoms with Crippen LogP contribution in [0.3, 0.4) is 0 Å². The summed E-state index contributed by atoms with van der Waals surface area (Å²) in [7, 11) is -2.81. The molecule has 0 saturated carbocycles. The molecule has 0 radical (unpaired) electrons. The lowest BCUT2D eigenvalue weighted by atomic mass is 10.2. The molecular weight excluding hydrogens is 344 g/mol. The fourth-order valence-corrected chi connectivity index (χ4v) is 6.37. The van der Waals surface area contributed by atoms with Crippen molar-refractivity contribution in [2.75, 3.05) is 42.6 Å².